The second-order valence-corrected chi connectivity index (χ2v) is 9.30. The second-order valence-electron chi connectivity index (χ2n) is 9.30. The maximum absolute atomic E-state index is 10.0. The molecule has 1 nitrogen and oxygen atoms in total. The highest BCUT2D eigenvalue weighted by molar-refractivity contribution is 5.08. The first-order valence-corrected chi connectivity index (χ1v) is 11.6. The molecule has 0 N–H and O–H groups in total. The van der Waals surface area contributed by atoms with Crippen molar-refractivity contribution in [3.05, 3.63) is 0 Å². The number of fused-ring (bicyclic) bond motifs is 1. The van der Waals surface area contributed by atoms with Crippen molar-refractivity contribution in [2.45, 2.75) is 123 Å². The maximum atomic E-state index is 10.0. The summed E-state index contributed by atoms with van der Waals surface area (Å²) in [6.45, 7) is 4.59. The normalized spacial score (nSPS) is 32.1. The molecule has 2 saturated carbocycles. The average molecular weight is 346 g/mol. The van der Waals surface area contributed by atoms with Gasteiger partial charge in [0.2, 0.25) is 0 Å². The SMILES string of the molecule is CCCCCCCC1CCC2CC(CCCCCC)CCC2(C#N)C1. The number of hydrogen-bond acceptors (Lipinski definition) is 1. The van der Waals surface area contributed by atoms with E-state index in [-0.39, 0.29) is 5.41 Å². The van der Waals surface area contributed by atoms with Crippen LogP contribution in [0.2, 0.25) is 0 Å². The van der Waals surface area contributed by atoms with Gasteiger partial charge >= 0.3 is 0 Å². The fourth-order valence-electron chi connectivity index (χ4n) is 5.73. The first-order chi connectivity index (χ1) is 12.2. The minimum absolute atomic E-state index is 0.0618. The number of rotatable bonds is 11. The molecule has 2 aliphatic rings. The third-order valence-electron chi connectivity index (χ3n) is 7.38. The molecule has 0 bridgehead atoms. The molecule has 0 radical (unpaired) electrons. The van der Waals surface area contributed by atoms with E-state index in [1.54, 1.807) is 0 Å². The molecule has 144 valence electrons. The summed E-state index contributed by atoms with van der Waals surface area (Å²) in [7, 11) is 0. The van der Waals surface area contributed by atoms with E-state index >= 15 is 0 Å². The zero-order valence-electron chi connectivity index (χ0n) is 17.2. The van der Waals surface area contributed by atoms with Crippen LogP contribution >= 0.6 is 0 Å². The summed E-state index contributed by atoms with van der Waals surface area (Å²) in [6.07, 6.45) is 23.2. The predicted octanol–water partition coefficient (Wildman–Crippen LogP) is 8.04. The van der Waals surface area contributed by atoms with E-state index in [1.807, 2.05) is 0 Å². The van der Waals surface area contributed by atoms with Crippen LogP contribution in [0.15, 0.2) is 0 Å². The van der Waals surface area contributed by atoms with Gasteiger partial charge in [0.05, 0.1) is 11.5 Å². The van der Waals surface area contributed by atoms with Gasteiger partial charge in [0.25, 0.3) is 0 Å². The van der Waals surface area contributed by atoms with Crippen molar-refractivity contribution in [2.24, 2.45) is 23.2 Å². The molecule has 0 aromatic rings. The smallest absolute Gasteiger partial charge is 0.0692 e. The zero-order valence-corrected chi connectivity index (χ0v) is 17.2. The van der Waals surface area contributed by atoms with Crippen LogP contribution in [0.4, 0.5) is 0 Å². The topological polar surface area (TPSA) is 23.8 Å². The van der Waals surface area contributed by atoms with E-state index < -0.39 is 0 Å². The molecule has 0 saturated heterocycles. The lowest BCUT2D eigenvalue weighted by Gasteiger charge is -2.48. The van der Waals surface area contributed by atoms with Gasteiger partial charge in [0, 0.05) is 0 Å². The Hall–Kier alpha value is -0.510. The standard InChI is InChI=1S/C24H43N/c1-3-5-7-9-11-13-22-14-15-23-18-21(12-10-8-6-4-2)16-17-24(23,19-22)20-25/h21-23H,3-19H2,1-2H3. The van der Waals surface area contributed by atoms with E-state index in [9.17, 15) is 5.26 Å². The summed E-state index contributed by atoms with van der Waals surface area (Å²) < 4.78 is 0. The van der Waals surface area contributed by atoms with Crippen LogP contribution in [-0.4, -0.2) is 0 Å². The van der Waals surface area contributed by atoms with Gasteiger partial charge in [-0.1, -0.05) is 90.9 Å². The van der Waals surface area contributed by atoms with Crippen LogP contribution in [0.25, 0.3) is 0 Å². The molecule has 0 aromatic heterocycles. The van der Waals surface area contributed by atoms with Crippen LogP contribution < -0.4 is 0 Å². The molecule has 25 heavy (non-hydrogen) atoms. The van der Waals surface area contributed by atoms with Crippen molar-refractivity contribution in [2.75, 3.05) is 0 Å². The Kier molecular flexibility index (Phi) is 9.36. The Bertz CT molecular complexity index is 395. The molecule has 4 atom stereocenters. The minimum atomic E-state index is 0.0618. The van der Waals surface area contributed by atoms with Crippen molar-refractivity contribution >= 4 is 0 Å². The van der Waals surface area contributed by atoms with Crippen LogP contribution in [0, 0.1) is 34.5 Å². The highest BCUT2D eigenvalue weighted by atomic mass is 14.5. The van der Waals surface area contributed by atoms with Crippen LogP contribution in [-0.2, 0) is 0 Å². The Morgan fingerprint density at radius 2 is 1.44 bits per heavy atom. The van der Waals surface area contributed by atoms with Gasteiger partial charge in [-0.15, -0.1) is 0 Å². The molecule has 0 heterocycles. The first-order valence-electron chi connectivity index (χ1n) is 11.6. The fourth-order valence-corrected chi connectivity index (χ4v) is 5.73. The highest BCUT2D eigenvalue weighted by Crippen LogP contribution is 2.54. The van der Waals surface area contributed by atoms with Gasteiger partial charge in [-0.25, -0.2) is 0 Å². The zero-order chi connectivity index (χ0) is 18.0. The van der Waals surface area contributed by atoms with Gasteiger partial charge in [0.15, 0.2) is 0 Å². The van der Waals surface area contributed by atoms with Crippen LogP contribution in [0.1, 0.15) is 123 Å². The fraction of sp³-hybridized carbons (Fsp3) is 0.958. The minimum Gasteiger partial charge on any atom is -0.198 e. The van der Waals surface area contributed by atoms with Gasteiger partial charge in [-0.05, 0) is 49.9 Å². The van der Waals surface area contributed by atoms with E-state index in [0.29, 0.717) is 0 Å². The summed E-state index contributed by atoms with van der Waals surface area (Å²) in [5, 5.41) is 10.0. The lowest BCUT2D eigenvalue weighted by molar-refractivity contribution is 0.0366. The summed E-state index contributed by atoms with van der Waals surface area (Å²) in [5.74, 6) is 2.49. The summed E-state index contributed by atoms with van der Waals surface area (Å²) in [6, 6.07) is 2.86. The average Bonchev–Trinajstić information content (AvgIpc) is 2.65. The molecule has 1 heteroatoms. The third kappa shape index (κ3) is 6.30. The highest BCUT2D eigenvalue weighted by Gasteiger charge is 2.47. The van der Waals surface area contributed by atoms with Crippen molar-refractivity contribution in [3.8, 4) is 6.07 Å². The van der Waals surface area contributed by atoms with E-state index in [0.717, 1.165) is 17.8 Å². The van der Waals surface area contributed by atoms with E-state index in [4.69, 9.17) is 0 Å². The van der Waals surface area contributed by atoms with Crippen LogP contribution in [0.3, 0.4) is 0 Å². The molecule has 0 aromatic carbocycles. The largest absolute Gasteiger partial charge is 0.198 e. The molecule has 2 aliphatic carbocycles. The predicted molar refractivity (Wildman–Crippen MR) is 108 cm³/mol. The van der Waals surface area contributed by atoms with Gasteiger partial charge in [0.1, 0.15) is 0 Å². The summed E-state index contributed by atoms with van der Waals surface area (Å²) in [4.78, 5) is 0. The van der Waals surface area contributed by atoms with Gasteiger partial charge < -0.3 is 0 Å². The molecular weight excluding hydrogens is 302 g/mol. The van der Waals surface area contributed by atoms with E-state index in [1.165, 1.54) is 109 Å². The molecule has 0 amide bonds. The molecule has 4 unspecified atom stereocenters. The lowest BCUT2D eigenvalue weighted by atomic mass is 9.55. The summed E-state index contributed by atoms with van der Waals surface area (Å²) >= 11 is 0. The molecule has 2 fully saturated rings. The molecule has 0 spiro atoms. The monoisotopic (exact) mass is 345 g/mol. The number of nitrogens with zero attached hydrogens (tertiary/aromatic N) is 1. The molecular formula is C24H43N. The Balaban J connectivity index is 1.75. The molecule has 0 aliphatic heterocycles. The number of unbranched alkanes of at least 4 members (excludes halogenated alkanes) is 7. The summed E-state index contributed by atoms with van der Waals surface area (Å²) in [5.41, 5.74) is 0.0618. The van der Waals surface area contributed by atoms with E-state index in [2.05, 4.69) is 19.9 Å². The maximum Gasteiger partial charge on any atom is 0.0692 e. The Morgan fingerprint density at radius 3 is 2.12 bits per heavy atom. The van der Waals surface area contributed by atoms with Gasteiger partial charge in [-0.3, -0.25) is 0 Å². The second kappa shape index (κ2) is 11.3. The Morgan fingerprint density at radius 1 is 0.800 bits per heavy atom. The third-order valence-corrected chi connectivity index (χ3v) is 7.38. The molecule has 2 rings (SSSR count). The van der Waals surface area contributed by atoms with Crippen molar-refractivity contribution in [1.29, 1.82) is 5.26 Å². The van der Waals surface area contributed by atoms with Crippen LogP contribution in [0.5, 0.6) is 0 Å². The Labute approximate surface area is 158 Å². The quantitative estimate of drug-likeness (QED) is 0.347. The first kappa shape index (κ1) is 20.8. The van der Waals surface area contributed by atoms with Gasteiger partial charge in [-0.2, -0.15) is 5.26 Å². The number of hydrogen-bond donors (Lipinski definition) is 0. The lowest BCUT2D eigenvalue weighted by Crippen LogP contribution is -2.40. The van der Waals surface area contributed by atoms with Crippen molar-refractivity contribution in [1.82, 2.24) is 0 Å². The van der Waals surface area contributed by atoms with Crippen molar-refractivity contribution < 1.29 is 0 Å². The van der Waals surface area contributed by atoms with Crippen molar-refractivity contribution in [3.63, 3.8) is 0 Å². The number of nitriles is 1.